The number of hydrogen-bond donors (Lipinski definition) is 1. The standard InChI is InChI=1S/C23H27N5OS/c1-16-4-7-19(8-5-16)15-21-25-23(30-26-21)28-12-10-27(11-13-28)22(29)24-20-9-6-17(2)14-18(20)3/h4-9,14H,10-13,15H2,1-3H3,(H,24,29). The minimum absolute atomic E-state index is 0.0427. The van der Waals surface area contributed by atoms with Gasteiger partial charge >= 0.3 is 6.03 Å². The van der Waals surface area contributed by atoms with E-state index in [1.807, 2.05) is 24.0 Å². The predicted molar refractivity (Wildman–Crippen MR) is 123 cm³/mol. The second-order valence-corrected chi connectivity index (χ2v) is 8.61. The van der Waals surface area contributed by atoms with Gasteiger partial charge in [0.2, 0.25) is 5.13 Å². The number of nitrogens with zero attached hydrogens (tertiary/aromatic N) is 4. The predicted octanol–water partition coefficient (Wildman–Crippen LogP) is 4.41. The molecule has 0 bridgehead atoms. The Balaban J connectivity index is 1.31. The van der Waals surface area contributed by atoms with Crippen LogP contribution in [0.2, 0.25) is 0 Å². The maximum atomic E-state index is 12.7. The minimum atomic E-state index is -0.0427. The maximum absolute atomic E-state index is 12.7. The van der Waals surface area contributed by atoms with Gasteiger partial charge in [-0.1, -0.05) is 47.5 Å². The number of hydrogen-bond acceptors (Lipinski definition) is 5. The molecule has 0 saturated carbocycles. The smallest absolute Gasteiger partial charge is 0.321 e. The molecule has 2 aromatic carbocycles. The van der Waals surface area contributed by atoms with Crippen LogP contribution in [0.5, 0.6) is 0 Å². The Morgan fingerprint density at radius 2 is 1.70 bits per heavy atom. The van der Waals surface area contributed by atoms with Gasteiger partial charge in [0.1, 0.15) is 5.82 Å². The molecular weight excluding hydrogens is 394 g/mol. The molecular formula is C23H27N5OS. The Morgan fingerprint density at radius 3 is 2.40 bits per heavy atom. The number of urea groups is 1. The highest BCUT2D eigenvalue weighted by molar-refractivity contribution is 7.09. The van der Waals surface area contributed by atoms with Crippen molar-refractivity contribution in [1.82, 2.24) is 14.3 Å². The van der Waals surface area contributed by atoms with Crippen LogP contribution in [0.25, 0.3) is 0 Å². The topological polar surface area (TPSA) is 61.4 Å². The Hall–Kier alpha value is -2.93. The summed E-state index contributed by atoms with van der Waals surface area (Å²) in [5.74, 6) is 0.855. The first-order valence-electron chi connectivity index (χ1n) is 10.2. The molecule has 1 fully saturated rings. The van der Waals surface area contributed by atoms with Crippen LogP contribution in [0, 0.1) is 20.8 Å². The van der Waals surface area contributed by atoms with Gasteiger partial charge in [0.15, 0.2) is 0 Å². The van der Waals surface area contributed by atoms with Crippen molar-refractivity contribution in [1.29, 1.82) is 0 Å². The number of rotatable bonds is 4. The number of aromatic nitrogens is 2. The lowest BCUT2D eigenvalue weighted by Crippen LogP contribution is -2.50. The van der Waals surface area contributed by atoms with Crippen molar-refractivity contribution in [3.8, 4) is 0 Å². The average molecular weight is 422 g/mol. The highest BCUT2D eigenvalue weighted by atomic mass is 32.1. The summed E-state index contributed by atoms with van der Waals surface area (Å²) in [7, 11) is 0. The molecule has 1 aliphatic rings. The third-order valence-corrected chi connectivity index (χ3v) is 6.22. The first-order chi connectivity index (χ1) is 14.5. The van der Waals surface area contributed by atoms with Crippen LogP contribution in [-0.2, 0) is 6.42 Å². The van der Waals surface area contributed by atoms with Gasteiger partial charge in [-0.25, -0.2) is 9.78 Å². The van der Waals surface area contributed by atoms with Gasteiger partial charge in [-0.3, -0.25) is 0 Å². The third-order valence-electron chi connectivity index (χ3n) is 5.40. The molecule has 156 valence electrons. The van der Waals surface area contributed by atoms with Crippen molar-refractivity contribution < 1.29 is 4.79 Å². The lowest BCUT2D eigenvalue weighted by Gasteiger charge is -2.34. The van der Waals surface area contributed by atoms with Crippen LogP contribution in [-0.4, -0.2) is 46.5 Å². The summed E-state index contributed by atoms with van der Waals surface area (Å²) in [6, 6.07) is 14.5. The first kappa shape index (κ1) is 20.3. The summed E-state index contributed by atoms with van der Waals surface area (Å²) in [6.45, 7) is 9.03. The van der Waals surface area contributed by atoms with Crippen molar-refractivity contribution in [2.45, 2.75) is 27.2 Å². The van der Waals surface area contributed by atoms with Crippen LogP contribution in [0.4, 0.5) is 15.6 Å². The number of piperazine rings is 1. The fourth-order valence-electron chi connectivity index (χ4n) is 3.58. The van der Waals surface area contributed by atoms with Gasteiger partial charge < -0.3 is 15.1 Å². The number of amides is 2. The van der Waals surface area contributed by atoms with E-state index in [0.29, 0.717) is 13.1 Å². The van der Waals surface area contributed by atoms with E-state index < -0.39 is 0 Å². The molecule has 7 heteroatoms. The van der Waals surface area contributed by atoms with Crippen molar-refractivity contribution in [3.05, 3.63) is 70.5 Å². The zero-order valence-electron chi connectivity index (χ0n) is 17.7. The van der Waals surface area contributed by atoms with Gasteiger partial charge in [0.05, 0.1) is 0 Å². The first-order valence-corrected chi connectivity index (χ1v) is 11.0. The molecule has 2 heterocycles. The van der Waals surface area contributed by atoms with E-state index in [2.05, 4.69) is 58.8 Å². The maximum Gasteiger partial charge on any atom is 0.321 e. The summed E-state index contributed by atoms with van der Waals surface area (Å²) in [5, 5.41) is 3.98. The number of carbonyl (C=O) groups excluding carboxylic acids is 1. The number of nitrogens with one attached hydrogen (secondary N) is 1. The highest BCUT2D eigenvalue weighted by Crippen LogP contribution is 2.22. The molecule has 30 heavy (non-hydrogen) atoms. The molecule has 0 unspecified atom stereocenters. The van der Waals surface area contributed by atoms with Gasteiger partial charge in [-0.15, -0.1) is 0 Å². The molecule has 0 aliphatic carbocycles. The van der Waals surface area contributed by atoms with Gasteiger partial charge in [0, 0.05) is 49.8 Å². The molecule has 1 N–H and O–H groups in total. The molecule has 0 spiro atoms. The lowest BCUT2D eigenvalue weighted by atomic mass is 10.1. The molecule has 1 saturated heterocycles. The fraction of sp³-hybridized carbons (Fsp3) is 0.348. The molecule has 3 aromatic rings. The van der Waals surface area contributed by atoms with Crippen molar-refractivity contribution in [3.63, 3.8) is 0 Å². The zero-order valence-corrected chi connectivity index (χ0v) is 18.5. The molecule has 4 rings (SSSR count). The second-order valence-electron chi connectivity index (χ2n) is 7.88. The van der Waals surface area contributed by atoms with Gasteiger partial charge in [-0.05, 0) is 38.0 Å². The van der Waals surface area contributed by atoms with E-state index in [-0.39, 0.29) is 6.03 Å². The second kappa shape index (κ2) is 8.83. The normalized spacial score (nSPS) is 14.1. The quantitative estimate of drug-likeness (QED) is 0.678. The van der Waals surface area contributed by atoms with Crippen LogP contribution in [0.3, 0.4) is 0 Å². The van der Waals surface area contributed by atoms with E-state index in [4.69, 9.17) is 4.98 Å². The number of carbonyl (C=O) groups is 1. The van der Waals surface area contributed by atoms with Crippen LogP contribution in [0.1, 0.15) is 28.1 Å². The Morgan fingerprint density at radius 1 is 1.00 bits per heavy atom. The van der Waals surface area contributed by atoms with Gasteiger partial charge in [0.25, 0.3) is 0 Å². The number of anilines is 2. The highest BCUT2D eigenvalue weighted by Gasteiger charge is 2.23. The summed E-state index contributed by atoms with van der Waals surface area (Å²) < 4.78 is 4.53. The Kier molecular flexibility index (Phi) is 5.99. The van der Waals surface area contributed by atoms with Crippen LogP contribution in [0.15, 0.2) is 42.5 Å². The van der Waals surface area contributed by atoms with E-state index in [9.17, 15) is 4.79 Å². The van der Waals surface area contributed by atoms with E-state index >= 15 is 0 Å². The van der Waals surface area contributed by atoms with Crippen LogP contribution < -0.4 is 10.2 Å². The van der Waals surface area contributed by atoms with E-state index in [1.54, 1.807) is 0 Å². The number of aryl methyl sites for hydroxylation is 3. The minimum Gasteiger partial charge on any atom is -0.343 e. The summed E-state index contributed by atoms with van der Waals surface area (Å²) in [6.07, 6.45) is 0.745. The zero-order chi connectivity index (χ0) is 21.1. The monoisotopic (exact) mass is 421 g/mol. The third kappa shape index (κ3) is 4.79. The molecule has 1 aromatic heterocycles. The lowest BCUT2D eigenvalue weighted by molar-refractivity contribution is 0.208. The Labute approximate surface area is 181 Å². The summed E-state index contributed by atoms with van der Waals surface area (Å²) >= 11 is 1.44. The van der Waals surface area contributed by atoms with Crippen molar-refractivity contribution in [2.75, 3.05) is 36.4 Å². The number of benzene rings is 2. The van der Waals surface area contributed by atoms with E-state index in [0.717, 1.165) is 41.7 Å². The average Bonchev–Trinajstić information content (AvgIpc) is 3.20. The van der Waals surface area contributed by atoms with E-state index in [1.165, 1.54) is 28.2 Å². The van der Waals surface area contributed by atoms with Crippen molar-refractivity contribution in [2.24, 2.45) is 0 Å². The molecule has 0 atom stereocenters. The fourth-order valence-corrected chi connectivity index (χ4v) is 4.32. The SMILES string of the molecule is Cc1ccc(Cc2nsc(N3CCN(C(=O)Nc4ccc(C)cc4C)CC3)n2)cc1. The van der Waals surface area contributed by atoms with Crippen molar-refractivity contribution >= 4 is 28.4 Å². The summed E-state index contributed by atoms with van der Waals surface area (Å²) in [5.41, 5.74) is 5.62. The summed E-state index contributed by atoms with van der Waals surface area (Å²) in [4.78, 5) is 21.5. The molecule has 1 aliphatic heterocycles. The Bertz CT molecular complexity index is 1020. The molecule has 6 nitrogen and oxygen atoms in total. The molecule has 2 amide bonds. The largest absolute Gasteiger partial charge is 0.343 e. The molecule has 0 radical (unpaired) electrons. The van der Waals surface area contributed by atoms with Gasteiger partial charge in [-0.2, -0.15) is 4.37 Å². The van der Waals surface area contributed by atoms with Crippen LogP contribution >= 0.6 is 11.5 Å².